The third kappa shape index (κ3) is 1.54. The lowest BCUT2D eigenvalue weighted by Crippen LogP contribution is -2.39. The lowest BCUT2D eigenvalue weighted by molar-refractivity contribution is -0.142. The van der Waals surface area contributed by atoms with Crippen LogP contribution in [-0.2, 0) is 14.3 Å². The molecular formula is C10H15NO3. The second-order valence-corrected chi connectivity index (χ2v) is 4.05. The summed E-state index contributed by atoms with van der Waals surface area (Å²) in [5.41, 5.74) is 0. The van der Waals surface area contributed by atoms with E-state index in [4.69, 9.17) is 0 Å². The molecule has 0 aromatic carbocycles. The molecule has 2 fully saturated rings. The molecule has 1 aliphatic heterocycles. The van der Waals surface area contributed by atoms with Crippen molar-refractivity contribution in [2.75, 3.05) is 7.11 Å². The molecule has 0 aromatic heterocycles. The quantitative estimate of drug-likeness (QED) is 0.613. The van der Waals surface area contributed by atoms with Crippen molar-refractivity contribution in [2.24, 2.45) is 5.92 Å². The van der Waals surface area contributed by atoms with Crippen molar-refractivity contribution < 1.29 is 14.3 Å². The number of nitrogens with one attached hydrogen (secondary N) is 1. The van der Waals surface area contributed by atoms with Gasteiger partial charge in [0.1, 0.15) is 11.8 Å². The highest BCUT2D eigenvalue weighted by molar-refractivity contribution is 5.85. The number of hydrogen-bond donors (Lipinski definition) is 1. The fraction of sp³-hybridized carbons (Fsp3) is 0.800. The van der Waals surface area contributed by atoms with E-state index in [1.54, 1.807) is 0 Å². The predicted molar refractivity (Wildman–Crippen MR) is 49.7 cm³/mol. The fourth-order valence-electron chi connectivity index (χ4n) is 2.49. The molecule has 14 heavy (non-hydrogen) atoms. The van der Waals surface area contributed by atoms with E-state index in [9.17, 15) is 9.59 Å². The molecule has 1 saturated carbocycles. The van der Waals surface area contributed by atoms with Gasteiger partial charge in [0, 0.05) is 18.4 Å². The van der Waals surface area contributed by atoms with Crippen molar-refractivity contribution in [3.8, 4) is 0 Å². The molecule has 1 N–H and O–H groups in total. The normalized spacial score (nSPS) is 36.6. The number of carbonyl (C=O) groups is 2. The van der Waals surface area contributed by atoms with E-state index in [1.807, 2.05) is 0 Å². The molecule has 2 rings (SSSR count). The number of rotatable bonds is 1. The van der Waals surface area contributed by atoms with Gasteiger partial charge in [-0.25, -0.2) is 0 Å². The average Bonchev–Trinajstić information content (AvgIpc) is 2.62. The van der Waals surface area contributed by atoms with Gasteiger partial charge in [0.25, 0.3) is 0 Å². The zero-order chi connectivity index (χ0) is 10.1. The third-order valence-corrected chi connectivity index (χ3v) is 3.23. The molecule has 4 heteroatoms. The number of fused-ring (bicyclic) bond motifs is 1. The maximum Gasteiger partial charge on any atom is 0.322 e. The molecular weight excluding hydrogens is 182 g/mol. The Morgan fingerprint density at radius 3 is 3.00 bits per heavy atom. The minimum Gasteiger partial charge on any atom is -0.468 e. The fourth-order valence-corrected chi connectivity index (χ4v) is 2.49. The van der Waals surface area contributed by atoms with Crippen molar-refractivity contribution in [1.82, 2.24) is 5.32 Å². The Morgan fingerprint density at radius 2 is 2.36 bits per heavy atom. The van der Waals surface area contributed by atoms with Crippen LogP contribution in [0.4, 0.5) is 0 Å². The number of ketones is 1. The Labute approximate surface area is 83.0 Å². The number of methoxy groups -OCH3 is 1. The van der Waals surface area contributed by atoms with Gasteiger partial charge in [-0.05, 0) is 19.3 Å². The first-order valence-corrected chi connectivity index (χ1v) is 5.09. The van der Waals surface area contributed by atoms with Crippen LogP contribution in [-0.4, -0.2) is 30.9 Å². The van der Waals surface area contributed by atoms with Crippen molar-refractivity contribution in [3.05, 3.63) is 0 Å². The number of ether oxygens (including phenoxy) is 1. The molecule has 2 aliphatic rings. The zero-order valence-corrected chi connectivity index (χ0v) is 8.29. The van der Waals surface area contributed by atoms with Gasteiger partial charge in [0.2, 0.25) is 0 Å². The van der Waals surface area contributed by atoms with E-state index in [2.05, 4.69) is 10.1 Å². The summed E-state index contributed by atoms with van der Waals surface area (Å²) < 4.78 is 4.66. The van der Waals surface area contributed by atoms with Crippen LogP contribution in [0.5, 0.6) is 0 Å². The average molecular weight is 197 g/mol. The van der Waals surface area contributed by atoms with Gasteiger partial charge in [-0.2, -0.15) is 0 Å². The van der Waals surface area contributed by atoms with Crippen molar-refractivity contribution in [1.29, 1.82) is 0 Å². The highest BCUT2D eigenvalue weighted by Crippen LogP contribution is 2.31. The van der Waals surface area contributed by atoms with Gasteiger partial charge in [-0.3, -0.25) is 9.59 Å². The van der Waals surface area contributed by atoms with Crippen LogP contribution >= 0.6 is 0 Å². The molecule has 0 bridgehead atoms. The van der Waals surface area contributed by atoms with E-state index in [-0.39, 0.29) is 24.0 Å². The lowest BCUT2D eigenvalue weighted by atomic mass is 9.84. The van der Waals surface area contributed by atoms with Crippen molar-refractivity contribution in [2.45, 2.75) is 37.8 Å². The molecule has 1 saturated heterocycles. The maximum absolute atomic E-state index is 11.5. The number of hydrogen-bond acceptors (Lipinski definition) is 4. The summed E-state index contributed by atoms with van der Waals surface area (Å²) in [7, 11) is 1.38. The molecule has 4 nitrogen and oxygen atoms in total. The van der Waals surface area contributed by atoms with Gasteiger partial charge in [-0.15, -0.1) is 0 Å². The van der Waals surface area contributed by atoms with Crippen LogP contribution in [0.25, 0.3) is 0 Å². The summed E-state index contributed by atoms with van der Waals surface area (Å²) in [4.78, 5) is 22.8. The maximum atomic E-state index is 11.5. The van der Waals surface area contributed by atoms with Crippen molar-refractivity contribution in [3.63, 3.8) is 0 Å². The third-order valence-electron chi connectivity index (χ3n) is 3.23. The van der Waals surface area contributed by atoms with E-state index in [1.165, 1.54) is 7.11 Å². The van der Waals surface area contributed by atoms with Crippen LogP contribution in [0.1, 0.15) is 25.7 Å². The summed E-state index contributed by atoms with van der Waals surface area (Å²) in [6.07, 6.45) is 3.25. The number of Topliss-reactive ketones (excluding diaryl/α,β-unsaturated/α-hetero) is 1. The molecule has 0 radical (unpaired) electrons. The smallest absolute Gasteiger partial charge is 0.322 e. The summed E-state index contributed by atoms with van der Waals surface area (Å²) in [5, 5.41) is 3.18. The number of carbonyl (C=O) groups excluding carboxylic acids is 2. The van der Waals surface area contributed by atoms with Crippen LogP contribution in [0.3, 0.4) is 0 Å². The van der Waals surface area contributed by atoms with E-state index >= 15 is 0 Å². The van der Waals surface area contributed by atoms with Gasteiger partial charge >= 0.3 is 5.97 Å². The molecule has 78 valence electrons. The molecule has 1 aliphatic carbocycles. The Balaban J connectivity index is 2.04. The predicted octanol–water partition coefficient (Wildman–Crippen LogP) is 0.259. The Bertz CT molecular complexity index is 264. The largest absolute Gasteiger partial charge is 0.468 e. The zero-order valence-electron chi connectivity index (χ0n) is 8.29. The van der Waals surface area contributed by atoms with Gasteiger partial charge in [0.05, 0.1) is 7.11 Å². The van der Waals surface area contributed by atoms with Crippen molar-refractivity contribution >= 4 is 11.8 Å². The van der Waals surface area contributed by atoms with E-state index < -0.39 is 0 Å². The minimum atomic E-state index is -0.267. The molecule has 0 spiro atoms. The van der Waals surface area contributed by atoms with Crippen LogP contribution in [0.15, 0.2) is 0 Å². The van der Waals surface area contributed by atoms with E-state index in [0.29, 0.717) is 18.6 Å². The molecule has 3 atom stereocenters. The summed E-state index contributed by atoms with van der Waals surface area (Å²) in [6, 6.07) is -0.0580. The topological polar surface area (TPSA) is 55.4 Å². The Kier molecular flexibility index (Phi) is 2.54. The molecule has 1 heterocycles. The van der Waals surface area contributed by atoms with Crippen LogP contribution < -0.4 is 5.32 Å². The summed E-state index contributed by atoms with van der Waals surface area (Å²) >= 11 is 0. The second-order valence-electron chi connectivity index (χ2n) is 4.05. The summed E-state index contributed by atoms with van der Waals surface area (Å²) in [6.45, 7) is 0. The monoisotopic (exact) mass is 197 g/mol. The first kappa shape index (κ1) is 9.65. The van der Waals surface area contributed by atoms with Crippen LogP contribution in [0.2, 0.25) is 0 Å². The van der Waals surface area contributed by atoms with E-state index in [0.717, 1.165) is 12.8 Å². The lowest BCUT2D eigenvalue weighted by Gasteiger charge is -2.22. The highest BCUT2D eigenvalue weighted by Gasteiger charge is 2.42. The Morgan fingerprint density at radius 1 is 1.57 bits per heavy atom. The first-order chi connectivity index (χ1) is 6.72. The minimum absolute atomic E-state index is 0.0489. The van der Waals surface area contributed by atoms with Gasteiger partial charge in [0.15, 0.2) is 0 Å². The highest BCUT2D eigenvalue weighted by atomic mass is 16.5. The molecule has 0 aromatic rings. The summed E-state index contributed by atoms with van der Waals surface area (Å²) in [5.74, 6) is 0.111. The SMILES string of the molecule is COC(=O)[C@@H]1C[C@@H]2C(=O)CCC[C@@H]2N1. The standard InChI is InChI=1S/C10H15NO3/c1-14-10(13)8-5-6-7(11-8)3-2-4-9(6)12/h6-8,11H,2-5H2,1H3/t6-,7-,8-/m0/s1. The van der Waals surface area contributed by atoms with Gasteiger partial charge in [-0.1, -0.05) is 0 Å². The first-order valence-electron chi connectivity index (χ1n) is 5.09. The Hall–Kier alpha value is -0.900. The van der Waals surface area contributed by atoms with Crippen LogP contribution in [0, 0.1) is 5.92 Å². The second kappa shape index (κ2) is 3.69. The molecule has 0 unspecified atom stereocenters. The molecule has 0 amide bonds. The van der Waals surface area contributed by atoms with Gasteiger partial charge < -0.3 is 10.1 Å². The number of esters is 1.